The van der Waals surface area contributed by atoms with E-state index in [-0.39, 0.29) is 18.1 Å². The molecule has 26 heavy (non-hydrogen) atoms. The Balaban J connectivity index is 1.37. The van der Waals surface area contributed by atoms with Gasteiger partial charge in [-0.1, -0.05) is 19.3 Å². The van der Waals surface area contributed by atoms with Crippen LogP contribution in [0.2, 0.25) is 0 Å². The maximum atomic E-state index is 12.1. The minimum absolute atomic E-state index is 0.0204. The van der Waals surface area contributed by atoms with Crippen molar-refractivity contribution >= 4 is 16.9 Å². The molecule has 1 amide bonds. The Hall–Kier alpha value is -2.30. The predicted molar refractivity (Wildman–Crippen MR) is 99.6 cm³/mol. The first kappa shape index (κ1) is 17.1. The van der Waals surface area contributed by atoms with Crippen molar-refractivity contribution in [3.8, 4) is 5.75 Å². The van der Waals surface area contributed by atoms with E-state index in [9.17, 15) is 9.59 Å². The molecule has 4 rings (SSSR count). The number of nitrogens with one attached hydrogen (secondary N) is 1. The molecule has 0 aliphatic heterocycles. The van der Waals surface area contributed by atoms with Crippen molar-refractivity contribution in [2.24, 2.45) is 5.92 Å². The van der Waals surface area contributed by atoms with E-state index >= 15 is 0 Å². The second-order valence-corrected chi connectivity index (χ2v) is 7.45. The molecule has 0 radical (unpaired) electrons. The third-order valence-electron chi connectivity index (χ3n) is 5.63. The first-order valence-corrected chi connectivity index (χ1v) is 9.69. The van der Waals surface area contributed by atoms with Gasteiger partial charge in [-0.05, 0) is 55.7 Å². The summed E-state index contributed by atoms with van der Waals surface area (Å²) in [6, 6.07) is 5.48. The third-order valence-corrected chi connectivity index (χ3v) is 5.63. The van der Waals surface area contributed by atoms with Gasteiger partial charge in [-0.15, -0.1) is 0 Å². The highest BCUT2D eigenvalue weighted by atomic mass is 16.5. The lowest BCUT2D eigenvalue weighted by molar-refractivity contribution is -0.123. The molecule has 0 saturated heterocycles. The number of rotatable bonds is 5. The lowest BCUT2D eigenvalue weighted by Crippen LogP contribution is -2.33. The second kappa shape index (κ2) is 7.52. The first-order chi connectivity index (χ1) is 12.7. The van der Waals surface area contributed by atoms with E-state index < -0.39 is 0 Å². The third kappa shape index (κ3) is 3.62. The average molecular weight is 355 g/mol. The van der Waals surface area contributed by atoms with Crippen molar-refractivity contribution < 1.29 is 13.9 Å². The van der Waals surface area contributed by atoms with Crippen LogP contribution in [0.4, 0.5) is 0 Å². The molecule has 2 aliphatic carbocycles. The van der Waals surface area contributed by atoms with Gasteiger partial charge in [0.25, 0.3) is 5.91 Å². The molecule has 1 N–H and O–H groups in total. The summed E-state index contributed by atoms with van der Waals surface area (Å²) in [5.74, 6) is 1.04. The highest BCUT2D eigenvalue weighted by Crippen LogP contribution is 2.29. The van der Waals surface area contributed by atoms with Crippen LogP contribution in [-0.4, -0.2) is 19.1 Å². The average Bonchev–Trinajstić information content (AvgIpc) is 3.16. The maximum Gasteiger partial charge on any atom is 0.339 e. The molecule has 5 nitrogen and oxygen atoms in total. The number of benzene rings is 1. The summed E-state index contributed by atoms with van der Waals surface area (Å²) in [6.07, 6.45) is 8.97. The fourth-order valence-electron chi connectivity index (χ4n) is 4.20. The molecule has 0 unspecified atom stereocenters. The summed E-state index contributed by atoms with van der Waals surface area (Å²) in [7, 11) is 0. The van der Waals surface area contributed by atoms with Crippen molar-refractivity contribution in [1.29, 1.82) is 0 Å². The molecule has 1 heterocycles. The predicted octanol–water partition coefficient (Wildman–Crippen LogP) is 3.36. The number of ether oxygens (including phenoxy) is 1. The minimum atomic E-state index is -0.243. The van der Waals surface area contributed by atoms with E-state index in [1.165, 1.54) is 32.1 Å². The number of carbonyl (C=O) groups excluding carboxylic acids is 1. The molecule has 138 valence electrons. The van der Waals surface area contributed by atoms with Gasteiger partial charge in [0.15, 0.2) is 6.61 Å². The van der Waals surface area contributed by atoms with Crippen LogP contribution < -0.4 is 15.7 Å². The summed E-state index contributed by atoms with van der Waals surface area (Å²) in [6.45, 7) is 0.717. The van der Waals surface area contributed by atoms with E-state index in [1.54, 1.807) is 6.07 Å². The second-order valence-electron chi connectivity index (χ2n) is 7.45. The number of hydrogen-bond acceptors (Lipinski definition) is 4. The van der Waals surface area contributed by atoms with Gasteiger partial charge in [0.1, 0.15) is 11.3 Å². The van der Waals surface area contributed by atoms with Crippen LogP contribution in [0.5, 0.6) is 5.75 Å². The Kier molecular flexibility index (Phi) is 4.96. The lowest BCUT2D eigenvalue weighted by Gasteiger charge is -2.21. The monoisotopic (exact) mass is 355 g/mol. The van der Waals surface area contributed by atoms with Crippen LogP contribution in [0.1, 0.15) is 49.7 Å². The molecule has 1 fully saturated rings. The van der Waals surface area contributed by atoms with Gasteiger partial charge in [-0.3, -0.25) is 4.79 Å². The standard InChI is InChI=1S/C21H25NO4/c23-20(22-12-14-5-2-1-3-6-14)13-25-15-9-10-17-16-7-4-8-18(16)21(24)26-19(17)11-15/h9-11,14H,1-8,12-13H2,(H,22,23). The zero-order chi connectivity index (χ0) is 17.9. The number of carbonyl (C=O) groups is 1. The Morgan fingerprint density at radius 3 is 2.77 bits per heavy atom. The first-order valence-electron chi connectivity index (χ1n) is 9.69. The Labute approximate surface area is 152 Å². The summed E-state index contributed by atoms with van der Waals surface area (Å²) in [5.41, 5.74) is 2.21. The highest BCUT2D eigenvalue weighted by Gasteiger charge is 2.20. The number of aryl methyl sites for hydroxylation is 1. The molecule has 1 aromatic carbocycles. The van der Waals surface area contributed by atoms with Gasteiger partial charge in [-0.2, -0.15) is 0 Å². The van der Waals surface area contributed by atoms with Crippen LogP contribution in [0, 0.1) is 5.92 Å². The van der Waals surface area contributed by atoms with Crippen molar-refractivity contribution in [1.82, 2.24) is 5.32 Å². The Morgan fingerprint density at radius 2 is 1.92 bits per heavy atom. The van der Waals surface area contributed by atoms with E-state index in [0.29, 0.717) is 17.3 Å². The molecule has 0 atom stereocenters. The van der Waals surface area contributed by atoms with Crippen LogP contribution in [0.15, 0.2) is 27.4 Å². The number of amides is 1. The van der Waals surface area contributed by atoms with E-state index in [0.717, 1.165) is 42.3 Å². The number of hydrogen-bond donors (Lipinski definition) is 1. The summed E-state index contributed by atoms with van der Waals surface area (Å²) < 4.78 is 11.0. The van der Waals surface area contributed by atoms with Crippen molar-refractivity contribution in [3.63, 3.8) is 0 Å². The zero-order valence-electron chi connectivity index (χ0n) is 15.0. The fraction of sp³-hybridized carbons (Fsp3) is 0.524. The SMILES string of the molecule is O=C(COc1ccc2c3c(c(=O)oc2c1)CCC3)NCC1CCCCC1. The summed E-state index contributed by atoms with van der Waals surface area (Å²) in [4.78, 5) is 24.1. The van der Waals surface area contributed by atoms with Crippen LogP contribution >= 0.6 is 0 Å². The van der Waals surface area contributed by atoms with E-state index in [1.807, 2.05) is 12.1 Å². The summed E-state index contributed by atoms with van der Waals surface area (Å²) >= 11 is 0. The molecule has 0 bridgehead atoms. The largest absolute Gasteiger partial charge is 0.484 e. The smallest absolute Gasteiger partial charge is 0.339 e. The Bertz CT molecular complexity index is 864. The fourth-order valence-corrected chi connectivity index (χ4v) is 4.20. The van der Waals surface area contributed by atoms with Gasteiger partial charge in [0.2, 0.25) is 0 Å². The van der Waals surface area contributed by atoms with Crippen LogP contribution in [0.25, 0.3) is 11.0 Å². The van der Waals surface area contributed by atoms with Crippen molar-refractivity contribution in [3.05, 3.63) is 39.7 Å². The van der Waals surface area contributed by atoms with Gasteiger partial charge >= 0.3 is 5.63 Å². The molecule has 0 spiro atoms. The number of fused-ring (bicyclic) bond motifs is 3. The lowest BCUT2D eigenvalue weighted by atomic mass is 9.89. The topological polar surface area (TPSA) is 68.5 Å². The molecule has 1 saturated carbocycles. The minimum Gasteiger partial charge on any atom is -0.484 e. The van der Waals surface area contributed by atoms with Gasteiger partial charge in [0, 0.05) is 23.6 Å². The van der Waals surface area contributed by atoms with Crippen molar-refractivity contribution in [2.45, 2.75) is 51.4 Å². The normalized spacial score (nSPS) is 17.2. The Morgan fingerprint density at radius 1 is 1.12 bits per heavy atom. The van der Waals surface area contributed by atoms with Gasteiger partial charge in [-0.25, -0.2) is 4.79 Å². The highest BCUT2D eigenvalue weighted by molar-refractivity contribution is 5.83. The zero-order valence-corrected chi connectivity index (χ0v) is 15.0. The molecule has 2 aromatic rings. The van der Waals surface area contributed by atoms with Gasteiger partial charge < -0.3 is 14.5 Å². The quantitative estimate of drug-likeness (QED) is 0.835. The van der Waals surface area contributed by atoms with E-state index in [4.69, 9.17) is 9.15 Å². The maximum absolute atomic E-state index is 12.1. The molecule has 2 aliphatic rings. The van der Waals surface area contributed by atoms with Crippen molar-refractivity contribution in [2.75, 3.05) is 13.2 Å². The van der Waals surface area contributed by atoms with Crippen LogP contribution in [-0.2, 0) is 17.6 Å². The van der Waals surface area contributed by atoms with E-state index in [2.05, 4.69) is 5.32 Å². The molecule has 5 heteroatoms. The molecular formula is C21H25NO4. The van der Waals surface area contributed by atoms with Gasteiger partial charge in [0.05, 0.1) is 0 Å². The molecule has 1 aromatic heterocycles. The molecular weight excluding hydrogens is 330 g/mol. The summed E-state index contributed by atoms with van der Waals surface area (Å²) in [5, 5.41) is 3.94. The van der Waals surface area contributed by atoms with Crippen LogP contribution in [0.3, 0.4) is 0 Å².